The summed E-state index contributed by atoms with van der Waals surface area (Å²) in [5.74, 6) is 0.658. The minimum atomic E-state index is -1.71. The van der Waals surface area contributed by atoms with Gasteiger partial charge in [0.25, 0.3) is 0 Å². The molecule has 3 fully saturated rings. The Morgan fingerprint density at radius 1 is 1.14 bits per heavy atom. The maximum absolute atomic E-state index is 6.58. The van der Waals surface area contributed by atoms with E-state index in [9.17, 15) is 0 Å². The summed E-state index contributed by atoms with van der Waals surface area (Å²) in [4.78, 5) is 0. The molecule has 1 unspecified atom stereocenters. The van der Waals surface area contributed by atoms with Gasteiger partial charge in [0.15, 0.2) is 14.1 Å². The fourth-order valence-electron chi connectivity index (χ4n) is 4.25. The summed E-state index contributed by atoms with van der Waals surface area (Å²) in [7, 11) is 0.658. The highest BCUT2D eigenvalue weighted by molar-refractivity contribution is 6.74. The molecular formula is C17H33BO3Si. The van der Waals surface area contributed by atoms with Crippen LogP contribution in [0.3, 0.4) is 0 Å². The third-order valence-electron chi connectivity index (χ3n) is 6.96. The second-order valence-electron chi connectivity index (χ2n) is 9.76. The van der Waals surface area contributed by atoms with Gasteiger partial charge in [-0.25, -0.2) is 0 Å². The molecule has 3 rings (SSSR count). The van der Waals surface area contributed by atoms with Crippen molar-refractivity contribution in [2.75, 3.05) is 6.61 Å². The quantitative estimate of drug-likeness (QED) is 0.745. The highest BCUT2D eigenvalue weighted by atomic mass is 28.4. The Balaban J connectivity index is 1.75. The van der Waals surface area contributed by atoms with Crippen molar-refractivity contribution in [2.24, 2.45) is 11.3 Å². The summed E-state index contributed by atoms with van der Waals surface area (Å²) in [6.45, 7) is 16.6. The van der Waals surface area contributed by atoms with Gasteiger partial charge in [-0.15, -0.1) is 0 Å². The van der Waals surface area contributed by atoms with E-state index >= 15 is 0 Å². The molecule has 4 atom stereocenters. The fourth-order valence-corrected chi connectivity index (χ4v) is 5.28. The monoisotopic (exact) mass is 324 g/mol. The van der Waals surface area contributed by atoms with Crippen molar-refractivity contribution in [1.29, 1.82) is 0 Å². The molecule has 0 bridgehead atoms. The first-order valence-electron chi connectivity index (χ1n) is 8.89. The first-order valence-corrected chi connectivity index (χ1v) is 11.8. The molecule has 0 N–H and O–H groups in total. The van der Waals surface area contributed by atoms with E-state index in [1.54, 1.807) is 0 Å². The molecule has 0 amide bonds. The summed E-state index contributed by atoms with van der Waals surface area (Å²) in [5, 5.41) is 0.264. The van der Waals surface area contributed by atoms with Crippen molar-refractivity contribution >= 4 is 16.2 Å². The smallest absolute Gasteiger partial charge is 0.191 e. The summed E-state index contributed by atoms with van der Waals surface area (Å²) in [6.07, 6.45) is 3.11. The molecule has 5 heteroatoms. The highest BCUT2D eigenvalue weighted by Crippen LogP contribution is 2.69. The lowest BCUT2D eigenvalue weighted by Crippen LogP contribution is -2.44. The van der Waals surface area contributed by atoms with E-state index in [1.807, 2.05) is 13.8 Å². The molecule has 126 valence electrons. The molecule has 0 aromatic heterocycles. The van der Waals surface area contributed by atoms with Crippen LogP contribution in [0, 0.1) is 11.3 Å². The van der Waals surface area contributed by atoms with Crippen LogP contribution in [0.25, 0.3) is 0 Å². The van der Waals surface area contributed by atoms with Crippen LogP contribution in [0.4, 0.5) is 0 Å². The Bertz CT molecular complexity index is 453. The fraction of sp³-hybridized carbons (Fsp3) is 1.00. The Hall–Kier alpha value is 0.162. The lowest BCUT2D eigenvalue weighted by atomic mass is 9.73. The van der Waals surface area contributed by atoms with Gasteiger partial charge in [0.2, 0.25) is 0 Å². The molecule has 22 heavy (non-hydrogen) atoms. The van der Waals surface area contributed by atoms with Crippen LogP contribution in [0.5, 0.6) is 0 Å². The second-order valence-corrected chi connectivity index (χ2v) is 14.6. The van der Waals surface area contributed by atoms with Gasteiger partial charge >= 0.3 is 0 Å². The molecule has 0 aromatic carbocycles. The first kappa shape index (κ1) is 17.0. The van der Waals surface area contributed by atoms with Gasteiger partial charge in [-0.1, -0.05) is 20.8 Å². The Labute approximate surface area is 138 Å². The zero-order valence-corrected chi connectivity index (χ0v) is 16.7. The number of hydrogen-bond donors (Lipinski definition) is 0. The van der Waals surface area contributed by atoms with Crippen LogP contribution in [-0.2, 0) is 13.9 Å². The maximum atomic E-state index is 6.58. The third-order valence-corrected chi connectivity index (χ3v) is 11.5. The molecule has 1 heterocycles. The Morgan fingerprint density at radius 3 is 2.18 bits per heavy atom. The van der Waals surface area contributed by atoms with Gasteiger partial charge in [0, 0.05) is 12.5 Å². The molecule has 0 aromatic rings. The number of hydrogen-bond acceptors (Lipinski definition) is 3. The van der Waals surface area contributed by atoms with E-state index in [4.69, 9.17) is 13.9 Å². The molecule has 3 nitrogen and oxygen atoms in total. The summed E-state index contributed by atoms with van der Waals surface area (Å²) in [6, 6.07) is 0. The van der Waals surface area contributed by atoms with Gasteiger partial charge in [0.05, 0.1) is 12.2 Å². The van der Waals surface area contributed by atoms with Crippen LogP contribution in [-0.4, -0.2) is 40.8 Å². The summed E-state index contributed by atoms with van der Waals surface area (Å²) >= 11 is 0. The lowest BCUT2D eigenvalue weighted by molar-refractivity contribution is -0.163. The first-order chi connectivity index (χ1) is 9.90. The molecule has 1 spiro atoms. The van der Waals surface area contributed by atoms with Crippen LogP contribution < -0.4 is 0 Å². The molecule has 1 saturated heterocycles. The average molecular weight is 324 g/mol. The van der Waals surface area contributed by atoms with Crippen LogP contribution in [0.15, 0.2) is 0 Å². The lowest BCUT2D eigenvalue weighted by Gasteiger charge is -2.38. The SMILES string of the molecule is B[C@H]1[C@H]2OC(C)(C)OC2[C@@H](CO[Si](C)(C)C(C)(C)C)C12CC2. The van der Waals surface area contributed by atoms with Crippen LogP contribution in [0.2, 0.25) is 23.9 Å². The van der Waals surface area contributed by atoms with E-state index in [0.29, 0.717) is 17.2 Å². The molecular weight excluding hydrogens is 291 g/mol. The van der Waals surface area contributed by atoms with Crippen molar-refractivity contribution in [2.45, 2.75) is 89.4 Å². The maximum Gasteiger partial charge on any atom is 0.191 e. The van der Waals surface area contributed by atoms with Crippen molar-refractivity contribution in [1.82, 2.24) is 0 Å². The van der Waals surface area contributed by atoms with E-state index < -0.39 is 14.1 Å². The topological polar surface area (TPSA) is 27.7 Å². The van der Waals surface area contributed by atoms with Gasteiger partial charge in [-0.3, -0.25) is 0 Å². The predicted octanol–water partition coefficient (Wildman–Crippen LogP) is 3.36. The third kappa shape index (κ3) is 2.52. The minimum Gasteiger partial charge on any atom is -0.416 e. The zero-order chi connectivity index (χ0) is 16.6. The number of ether oxygens (including phenoxy) is 2. The molecule has 2 aliphatic carbocycles. The highest BCUT2D eigenvalue weighted by Gasteiger charge is 2.68. The number of rotatable bonds is 3. The van der Waals surface area contributed by atoms with Crippen molar-refractivity contribution in [3.8, 4) is 0 Å². The predicted molar refractivity (Wildman–Crippen MR) is 94.4 cm³/mol. The normalized spacial score (nSPS) is 39.2. The molecule has 1 aliphatic heterocycles. The van der Waals surface area contributed by atoms with Crippen molar-refractivity contribution < 1.29 is 13.9 Å². The summed E-state index contributed by atoms with van der Waals surface area (Å²) < 4.78 is 19.1. The van der Waals surface area contributed by atoms with E-state index in [0.717, 1.165) is 6.61 Å². The van der Waals surface area contributed by atoms with Crippen LogP contribution >= 0.6 is 0 Å². The van der Waals surface area contributed by atoms with Gasteiger partial charge < -0.3 is 13.9 Å². The number of fused-ring (bicyclic) bond motifs is 1. The van der Waals surface area contributed by atoms with Crippen molar-refractivity contribution in [3.63, 3.8) is 0 Å². The Morgan fingerprint density at radius 2 is 1.68 bits per heavy atom. The summed E-state index contributed by atoms with van der Waals surface area (Å²) in [5.41, 5.74) is 0.425. The van der Waals surface area contributed by atoms with Gasteiger partial charge in [-0.05, 0) is 56.1 Å². The van der Waals surface area contributed by atoms with Crippen molar-refractivity contribution in [3.05, 3.63) is 0 Å². The van der Waals surface area contributed by atoms with Crippen LogP contribution in [0.1, 0.15) is 47.5 Å². The Kier molecular flexibility index (Phi) is 3.74. The van der Waals surface area contributed by atoms with E-state index in [-0.39, 0.29) is 17.2 Å². The molecule has 0 radical (unpaired) electrons. The van der Waals surface area contributed by atoms with Gasteiger partial charge in [0.1, 0.15) is 7.85 Å². The standard InChI is InChI=1S/C17H33BO3Si/c1-15(2,3)22(6,7)19-10-11-12-13(21-16(4,5)20-12)14(18)17(11)8-9-17/h11-14H,8-10,18H2,1-7H3/t11-,12?,13+,14+/m1/s1. The van der Waals surface area contributed by atoms with E-state index in [2.05, 4.69) is 41.7 Å². The minimum absolute atomic E-state index is 0.220. The van der Waals surface area contributed by atoms with E-state index in [1.165, 1.54) is 12.8 Å². The molecule has 2 saturated carbocycles. The largest absolute Gasteiger partial charge is 0.416 e. The molecule has 3 aliphatic rings. The second kappa shape index (κ2) is 4.84. The average Bonchev–Trinajstić information content (AvgIpc) is 3.03. The zero-order valence-electron chi connectivity index (χ0n) is 15.7. The van der Waals surface area contributed by atoms with Gasteiger partial charge in [-0.2, -0.15) is 0 Å².